The van der Waals surface area contributed by atoms with Crippen LogP contribution in [-0.2, 0) is 10.0 Å². The predicted octanol–water partition coefficient (Wildman–Crippen LogP) is 3.25. The third-order valence-corrected chi connectivity index (χ3v) is 6.50. The zero-order chi connectivity index (χ0) is 24.2. The number of benzene rings is 3. The molecule has 0 radical (unpaired) electrons. The summed E-state index contributed by atoms with van der Waals surface area (Å²) < 4.78 is 27.8. The highest BCUT2D eigenvalue weighted by molar-refractivity contribution is 7.92. The molecule has 0 aliphatic heterocycles. The maximum Gasteiger partial charge on any atom is 0.269 e. The average Bonchev–Trinajstić information content (AvgIpc) is 2.79. The van der Waals surface area contributed by atoms with E-state index in [1.165, 1.54) is 24.3 Å². The van der Waals surface area contributed by atoms with E-state index < -0.39 is 21.8 Å². The first-order valence-corrected chi connectivity index (χ1v) is 11.6. The molecule has 0 aliphatic carbocycles. The van der Waals surface area contributed by atoms with Crippen LogP contribution in [0.5, 0.6) is 0 Å². The quantitative estimate of drug-likeness (QED) is 0.484. The van der Waals surface area contributed by atoms with Crippen molar-refractivity contribution in [3.63, 3.8) is 0 Å². The lowest BCUT2D eigenvalue weighted by molar-refractivity contribution is 0.0846. The van der Waals surface area contributed by atoms with Gasteiger partial charge in [-0.05, 0) is 79.6 Å². The summed E-state index contributed by atoms with van der Waals surface area (Å²) in [6, 6.07) is 17.7. The number of nitrogens with zero attached hydrogens (tertiary/aromatic N) is 1. The first kappa shape index (κ1) is 23.8. The van der Waals surface area contributed by atoms with E-state index in [2.05, 4.69) is 15.6 Å². The van der Waals surface area contributed by atoms with Crippen molar-refractivity contribution in [2.75, 3.05) is 23.7 Å². The maximum absolute atomic E-state index is 12.7. The Bertz CT molecular complexity index is 1290. The molecule has 33 heavy (non-hydrogen) atoms. The summed E-state index contributed by atoms with van der Waals surface area (Å²) in [4.78, 5) is 26.6. The summed E-state index contributed by atoms with van der Waals surface area (Å²) in [5.74, 6) is -1.04. The molecule has 0 bridgehead atoms. The van der Waals surface area contributed by atoms with Crippen LogP contribution < -0.4 is 20.5 Å². The van der Waals surface area contributed by atoms with Crippen LogP contribution in [0, 0.1) is 13.8 Å². The van der Waals surface area contributed by atoms with Crippen molar-refractivity contribution in [1.82, 2.24) is 10.9 Å². The molecule has 9 heteroatoms. The lowest BCUT2D eigenvalue weighted by Gasteiger charge is -2.14. The fourth-order valence-corrected chi connectivity index (χ4v) is 4.04. The van der Waals surface area contributed by atoms with Gasteiger partial charge in [-0.2, -0.15) is 0 Å². The van der Waals surface area contributed by atoms with E-state index in [-0.39, 0.29) is 10.5 Å². The van der Waals surface area contributed by atoms with Crippen molar-refractivity contribution in [2.24, 2.45) is 0 Å². The van der Waals surface area contributed by atoms with Crippen molar-refractivity contribution in [2.45, 2.75) is 18.7 Å². The first-order chi connectivity index (χ1) is 15.6. The van der Waals surface area contributed by atoms with E-state index >= 15 is 0 Å². The number of anilines is 2. The van der Waals surface area contributed by atoms with Crippen molar-refractivity contribution < 1.29 is 18.0 Å². The van der Waals surface area contributed by atoms with E-state index in [9.17, 15) is 18.0 Å². The molecule has 0 aliphatic rings. The smallest absolute Gasteiger partial charge is 0.269 e. The largest absolute Gasteiger partial charge is 0.378 e. The number of hydrazine groups is 1. The van der Waals surface area contributed by atoms with Crippen LogP contribution in [-0.4, -0.2) is 34.3 Å². The Hall–Kier alpha value is -3.85. The highest BCUT2D eigenvalue weighted by Gasteiger charge is 2.16. The fourth-order valence-electron chi connectivity index (χ4n) is 2.99. The molecule has 0 heterocycles. The van der Waals surface area contributed by atoms with Gasteiger partial charge in [0.1, 0.15) is 0 Å². The summed E-state index contributed by atoms with van der Waals surface area (Å²) in [5, 5.41) is 0. The number of carbonyl (C=O) groups is 2. The van der Waals surface area contributed by atoms with E-state index in [0.29, 0.717) is 11.3 Å². The molecule has 0 saturated heterocycles. The van der Waals surface area contributed by atoms with Gasteiger partial charge in [0.15, 0.2) is 0 Å². The Kier molecular flexibility index (Phi) is 7.03. The number of rotatable bonds is 6. The van der Waals surface area contributed by atoms with Crippen LogP contribution in [0.25, 0.3) is 0 Å². The fraction of sp³-hybridized carbons (Fsp3) is 0.167. The van der Waals surface area contributed by atoms with Gasteiger partial charge in [-0.3, -0.25) is 25.2 Å². The Labute approximate surface area is 193 Å². The standard InChI is InChI=1S/C24H26N4O4S/c1-16-8-11-20(14-17(16)2)27-33(31,32)22-12-9-18(10-13-22)23(29)25-26-24(30)19-6-5-7-21(15-19)28(3)4/h5-15,27H,1-4H3,(H,25,29)(H,26,30). The van der Waals surface area contributed by atoms with E-state index in [1.807, 2.05) is 45.0 Å². The van der Waals surface area contributed by atoms with Gasteiger partial charge in [-0.25, -0.2) is 8.42 Å². The molecule has 0 fully saturated rings. The number of aryl methyl sites for hydroxylation is 2. The summed E-state index contributed by atoms with van der Waals surface area (Å²) in [7, 11) is -0.0915. The number of hydrogen-bond acceptors (Lipinski definition) is 5. The summed E-state index contributed by atoms with van der Waals surface area (Å²) in [6.07, 6.45) is 0. The van der Waals surface area contributed by atoms with Crippen molar-refractivity contribution in [1.29, 1.82) is 0 Å². The summed E-state index contributed by atoms with van der Waals surface area (Å²) >= 11 is 0. The second kappa shape index (κ2) is 9.74. The molecule has 3 aromatic rings. The lowest BCUT2D eigenvalue weighted by atomic mass is 10.1. The highest BCUT2D eigenvalue weighted by Crippen LogP contribution is 2.19. The molecule has 3 rings (SSSR count). The number of nitrogens with one attached hydrogen (secondary N) is 3. The molecule has 0 atom stereocenters. The van der Waals surface area contributed by atoms with Crippen LogP contribution in [0.4, 0.5) is 11.4 Å². The predicted molar refractivity (Wildman–Crippen MR) is 129 cm³/mol. The number of hydrogen-bond donors (Lipinski definition) is 3. The first-order valence-electron chi connectivity index (χ1n) is 10.1. The molecule has 172 valence electrons. The Morgan fingerprint density at radius 3 is 2.00 bits per heavy atom. The zero-order valence-electron chi connectivity index (χ0n) is 18.8. The second-order valence-corrected chi connectivity index (χ2v) is 9.46. The van der Waals surface area contributed by atoms with Gasteiger partial charge in [-0.1, -0.05) is 12.1 Å². The van der Waals surface area contributed by atoms with Crippen molar-refractivity contribution in [3.8, 4) is 0 Å². The maximum atomic E-state index is 12.7. The third-order valence-electron chi connectivity index (χ3n) is 5.10. The summed E-state index contributed by atoms with van der Waals surface area (Å²) in [6.45, 7) is 3.85. The molecule has 0 saturated carbocycles. The number of amides is 2. The van der Waals surface area contributed by atoms with Crippen molar-refractivity contribution in [3.05, 3.63) is 89.0 Å². The zero-order valence-corrected chi connectivity index (χ0v) is 19.7. The molecular weight excluding hydrogens is 440 g/mol. The Morgan fingerprint density at radius 2 is 1.39 bits per heavy atom. The third kappa shape index (κ3) is 5.89. The molecule has 3 aromatic carbocycles. The Balaban J connectivity index is 1.64. The van der Waals surface area contributed by atoms with E-state index in [1.54, 1.807) is 30.3 Å². The normalized spacial score (nSPS) is 10.9. The SMILES string of the molecule is Cc1ccc(NS(=O)(=O)c2ccc(C(=O)NNC(=O)c3cccc(N(C)C)c3)cc2)cc1C. The van der Waals surface area contributed by atoms with Crippen LogP contribution in [0.2, 0.25) is 0 Å². The minimum Gasteiger partial charge on any atom is -0.378 e. The van der Waals surface area contributed by atoms with Gasteiger partial charge in [0.05, 0.1) is 4.90 Å². The molecular formula is C24H26N4O4S. The van der Waals surface area contributed by atoms with Gasteiger partial charge >= 0.3 is 0 Å². The minimum absolute atomic E-state index is 0.0156. The molecule has 3 N–H and O–H groups in total. The van der Waals surface area contributed by atoms with Gasteiger partial charge in [0.2, 0.25) is 0 Å². The van der Waals surface area contributed by atoms with E-state index in [0.717, 1.165) is 16.8 Å². The van der Waals surface area contributed by atoms with Gasteiger partial charge in [-0.15, -0.1) is 0 Å². The number of sulfonamides is 1. The average molecular weight is 467 g/mol. The molecule has 0 aromatic heterocycles. The number of carbonyl (C=O) groups excluding carboxylic acids is 2. The molecule has 8 nitrogen and oxygen atoms in total. The van der Waals surface area contributed by atoms with Crippen LogP contribution >= 0.6 is 0 Å². The van der Waals surface area contributed by atoms with Crippen LogP contribution in [0.3, 0.4) is 0 Å². The monoisotopic (exact) mass is 466 g/mol. The minimum atomic E-state index is -3.81. The van der Waals surface area contributed by atoms with Gasteiger partial charge in [0.25, 0.3) is 21.8 Å². The molecule has 0 unspecified atom stereocenters. The van der Waals surface area contributed by atoms with Gasteiger partial charge < -0.3 is 4.90 Å². The molecule has 2 amide bonds. The highest BCUT2D eigenvalue weighted by atomic mass is 32.2. The van der Waals surface area contributed by atoms with Crippen LogP contribution in [0.1, 0.15) is 31.8 Å². The lowest BCUT2D eigenvalue weighted by Crippen LogP contribution is -2.41. The topological polar surface area (TPSA) is 108 Å². The molecule has 0 spiro atoms. The van der Waals surface area contributed by atoms with Crippen LogP contribution in [0.15, 0.2) is 71.6 Å². The Morgan fingerprint density at radius 1 is 0.758 bits per heavy atom. The summed E-state index contributed by atoms with van der Waals surface area (Å²) in [5.41, 5.74) is 8.62. The van der Waals surface area contributed by atoms with Crippen molar-refractivity contribution >= 4 is 33.2 Å². The second-order valence-electron chi connectivity index (χ2n) is 7.78. The van der Waals surface area contributed by atoms with E-state index in [4.69, 9.17) is 0 Å². The van der Waals surface area contributed by atoms with Gasteiger partial charge in [0, 0.05) is 36.6 Å².